The van der Waals surface area contributed by atoms with Crippen LogP contribution in [0.2, 0.25) is 0 Å². The Labute approximate surface area is 181 Å². The molecule has 0 aliphatic carbocycles. The molecule has 3 rings (SSSR count). The van der Waals surface area contributed by atoms with Crippen molar-refractivity contribution in [3.8, 4) is 22.5 Å². The predicted molar refractivity (Wildman–Crippen MR) is 121 cm³/mol. The molecule has 1 atom stereocenters. The van der Waals surface area contributed by atoms with Crippen molar-refractivity contribution >= 4 is 6.08 Å². The third kappa shape index (κ3) is 5.92. The number of rotatable bonds is 9. The largest absolute Gasteiger partial charge is 0.393 e. The van der Waals surface area contributed by atoms with E-state index in [4.69, 9.17) is 0 Å². The van der Waals surface area contributed by atoms with Crippen LogP contribution in [0.3, 0.4) is 0 Å². The molecule has 5 heteroatoms. The van der Waals surface area contributed by atoms with Crippen molar-refractivity contribution in [2.24, 2.45) is 0 Å². The summed E-state index contributed by atoms with van der Waals surface area (Å²) < 4.78 is 29.2. The van der Waals surface area contributed by atoms with E-state index in [9.17, 15) is 13.9 Å². The lowest BCUT2D eigenvalue weighted by molar-refractivity contribution is 0.182. The Kier molecular flexibility index (Phi) is 7.79. The van der Waals surface area contributed by atoms with Crippen LogP contribution in [0.15, 0.2) is 67.5 Å². The van der Waals surface area contributed by atoms with E-state index in [2.05, 4.69) is 16.5 Å². The highest BCUT2D eigenvalue weighted by atomic mass is 19.2. The second kappa shape index (κ2) is 10.7. The van der Waals surface area contributed by atoms with Crippen LogP contribution in [-0.2, 0) is 6.42 Å². The molecule has 0 fully saturated rings. The van der Waals surface area contributed by atoms with Gasteiger partial charge in [0.05, 0.1) is 6.10 Å². The number of halogens is 2. The summed E-state index contributed by atoms with van der Waals surface area (Å²) in [5, 5.41) is 9.25. The summed E-state index contributed by atoms with van der Waals surface area (Å²) in [6, 6.07) is 10.9. The highest BCUT2D eigenvalue weighted by molar-refractivity contribution is 5.67. The number of aromatic nitrogens is 2. The van der Waals surface area contributed by atoms with Crippen molar-refractivity contribution in [3.63, 3.8) is 0 Å². The van der Waals surface area contributed by atoms with Gasteiger partial charge in [-0.3, -0.25) is 0 Å². The van der Waals surface area contributed by atoms with E-state index in [-0.39, 0.29) is 17.2 Å². The van der Waals surface area contributed by atoms with Gasteiger partial charge in [-0.25, -0.2) is 18.7 Å². The maximum absolute atomic E-state index is 14.7. The van der Waals surface area contributed by atoms with Crippen LogP contribution < -0.4 is 0 Å². The van der Waals surface area contributed by atoms with Crippen molar-refractivity contribution in [1.29, 1.82) is 0 Å². The smallest absolute Gasteiger partial charge is 0.167 e. The van der Waals surface area contributed by atoms with Crippen molar-refractivity contribution in [2.75, 3.05) is 0 Å². The zero-order valence-electron chi connectivity index (χ0n) is 17.6. The Hall–Kier alpha value is -3.18. The Morgan fingerprint density at radius 1 is 1.00 bits per heavy atom. The number of aliphatic hydroxyl groups excluding tert-OH is 1. The van der Waals surface area contributed by atoms with Crippen molar-refractivity contribution in [2.45, 2.75) is 38.7 Å². The van der Waals surface area contributed by atoms with Crippen LogP contribution in [0.25, 0.3) is 28.6 Å². The van der Waals surface area contributed by atoms with E-state index >= 15 is 0 Å². The van der Waals surface area contributed by atoms with Gasteiger partial charge in [0.1, 0.15) is 0 Å². The Bertz CT molecular complexity index is 1040. The van der Waals surface area contributed by atoms with Gasteiger partial charge in [-0.05, 0) is 38.2 Å². The maximum Gasteiger partial charge on any atom is 0.167 e. The second-order valence-corrected chi connectivity index (χ2v) is 7.50. The first-order valence-corrected chi connectivity index (χ1v) is 10.3. The fourth-order valence-electron chi connectivity index (χ4n) is 3.23. The Morgan fingerprint density at radius 3 is 2.35 bits per heavy atom. The molecule has 0 saturated heterocycles. The topological polar surface area (TPSA) is 46.0 Å². The molecule has 0 radical (unpaired) electrons. The minimum absolute atomic E-state index is 0.122. The van der Waals surface area contributed by atoms with Gasteiger partial charge in [0.15, 0.2) is 17.5 Å². The molecule has 31 heavy (non-hydrogen) atoms. The molecule has 0 aliphatic heterocycles. The van der Waals surface area contributed by atoms with Crippen LogP contribution in [-0.4, -0.2) is 21.2 Å². The van der Waals surface area contributed by atoms with Gasteiger partial charge in [-0.15, -0.1) is 6.58 Å². The molecule has 0 saturated carbocycles. The first-order valence-electron chi connectivity index (χ1n) is 10.3. The van der Waals surface area contributed by atoms with Crippen molar-refractivity contribution in [1.82, 2.24) is 9.97 Å². The van der Waals surface area contributed by atoms with E-state index < -0.39 is 11.6 Å². The normalized spacial score (nSPS) is 12.3. The predicted octanol–water partition coefficient (Wildman–Crippen LogP) is 6.38. The quantitative estimate of drug-likeness (QED) is 0.323. The molecule has 3 aromatic rings. The van der Waals surface area contributed by atoms with Gasteiger partial charge in [0.25, 0.3) is 0 Å². The minimum Gasteiger partial charge on any atom is -0.393 e. The summed E-state index contributed by atoms with van der Waals surface area (Å²) in [5.41, 5.74) is 2.72. The number of allylic oxidation sites excluding steroid dienone is 2. The van der Waals surface area contributed by atoms with Gasteiger partial charge in [-0.2, -0.15) is 0 Å². The molecule has 0 bridgehead atoms. The van der Waals surface area contributed by atoms with Gasteiger partial charge in [0.2, 0.25) is 0 Å². The van der Waals surface area contributed by atoms with Crippen LogP contribution in [0.1, 0.15) is 37.3 Å². The highest BCUT2D eigenvalue weighted by Gasteiger charge is 2.14. The van der Waals surface area contributed by atoms with Gasteiger partial charge in [0, 0.05) is 34.6 Å². The van der Waals surface area contributed by atoms with E-state index in [1.54, 1.807) is 25.1 Å². The standard InChI is InChI=1S/C26H26F2N2O/c1-3-7-19-10-12-21(13-11-19)26-29-16-22(17-30-26)23-15-14-20(24(27)25(23)28)9-6-4-5-8-18(2)31/h3,6,9-18,31H,1,4-5,7-8H2,2H3/b9-6+. The van der Waals surface area contributed by atoms with Crippen molar-refractivity contribution in [3.05, 3.63) is 90.3 Å². The van der Waals surface area contributed by atoms with Gasteiger partial charge < -0.3 is 5.11 Å². The highest BCUT2D eigenvalue weighted by Crippen LogP contribution is 2.27. The van der Waals surface area contributed by atoms with Crippen LogP contribution in [0.5, 0.6) is 0 Å². The molecule has 0 amide bonds. The molecular weight excluding hydrogens is 394 g/mol. The van der Waals surface area contributed by atoms with Gasteiger partial charge in [-0.1, -0.05) is 54.6 Å². The fourth-order valence-corrected chi connectivity index (χ4v) is 3.23. The lowest BCUT2D eigenvalue weighted by Gasteiger charge is -2.07. The summed E-state index contributed by atoms with van der Waals surface area (Å²) in [6.45, 7) is 5.46. The molecule has 2 aromatic carbocycles. The number of aliphatic hydroxyl groups is 1. The fraction of sp³-hybridized carbons (Fsp3) is 0.231. The summed E-state index contributed by atoms with van der Waals surface area (Å²) in [6.07, 6.45) is 10.8. The van der Waals surface area contributed by atoms with E-state index in [0.717, 1.165) is 24.0 Å². The monoisotopic (exact) mass is 420 g/mol. The van der Waals surface area contributed by atoms with E-state index in [1.807, 2.05) is 30.3 Å². The van der Waals surface area contributed by atoms with Crippen molar-refractivity contribution < 1.29 is 13.9 Å². The molecule has 1 aromatic heterocycles. The van der Waals surface area contributed by atoms with Crippen LogP contribution in [0.4, 0.5) is 8.78 Å². The number of nitrogens with zero attached hydrogens (tertiary/aromatic N) is 2. The SMILES string of the molecule is C=CCc1ccc(-c2ncc(-c3ccc(/C=C/CCCC(C)O)c(F)c3F)cn2)cc1. The average Bonchev–Trinajstić information content (AvgIpc) is 2.77. The van der Waals surface area contributed by atoms with E-state index in [1.165, 1.54) is 18.5 Å². The zero-order valence-corrected chi connectivity index (χ0v) is 17.6. The first kappa shape index (κ1) is 22.5. The lowest BCUT2D eigenvalue weighted by atomic mass is 10.0. The lowest BCUT2D eigenvalue weighted by Crippen LogP contribution is -1.97. The zero-order chi connectivity index (χ0) is 22.2. The molecule has 1 N–H and O–H groups in total. The molecular formula is C26H26F2N2O. The Morgan fingerprint density at radius 2 is 1.71 bits per heavy atom. The molecule has 1 heterocycles. The second-order valence-electron chi connectivity index (χ2n) is 7.50. The number of hydrogen-bond acceptors (Lipinski definition) is 3. The van der Waals surface area contributed by atoms with E-state index in [0.29, 0.717) is 24.2 Å². The minimum atomic E-state index is -0.920. The summed E-state index contributed by atoms with van der Waals surface area (Å²) in [5.74, 6) is -1.30. The number of unbranched alkanes of at least 4 members (excludes halogenated alkanes) is 1. The number of hydrogen-bond donors (Lipinski definition) is 1. The third-order valence-electron chi connectivity index (χ3n) is 4.96. The Balaban J connectivity index is 1.74. The summed E-state index contributed by atoms with van der Waals surface area (Å²) in [7, 11) is 0. The molecule has 160 valence electrons. The molecule has 1 unspecified atom stereocenters. The van der Waals surface area contributed by atoms with Crippen LogP contribution in [0, 0.1) is 11.6 Å². The van der Waals surface area contributed by atoms with Gasteiger partial charge >= 0.3 is 0 Å². The number of benzene rings is 2. The van der Waals surface area contributed by atoms with Crippen LogP contribution >= 0.6 is 0 Å². The third-order valence-corrected chi connectivity index (χ3v) is 4.96. The first-order chi connectivity index (χ1) is 15.0. The molecule has 0 aliphatic rings. The molecule has 3 nitrogen and oxygen atoms in total. The summed E-state index contributed by atoms with van der Waals surface area (Å²) in [4.78, 5) is 8.65. The summed E-state index contributed by atoms with van der Waals surface area (Å²) >= 11 is 0. The molecule has 0 spiro atoms. The maximum atomic E-state index is 14.7. The average molecular weight is 421 g/mol.